The highest BCUT2D eigenvalue weighted by Crippen LogP contribution is 2.38. The van der Waals surface area contributed by atoms with E-state index in [-0.39, 0.29) is 36.5 Å². The Morgan fingerprint density at radius 1 is 1.11 bits per heavy atom. The summed E-state index contributed by atoms with van der Waals surface area (Å²) in [6, 6.07) is 6.65. The quantitative estimate of drug-likeness (QED) is 0.226. The molecule has 1 atom stereocenters. The normalized spacial score (nSPS) is 17.6. The van der Waals surface area contributed by atoms with Crippen LogP contribution in [0.25, 0.3) is 11.0 Å². The van der Waals surface area contributed by atoms with Crippen molar-refractivity contribution in [1.29, 1.82) is 0 Å². The molecule has 0 radical (unpaired) electrons. The van der Waals surface area contributed by atoms with Gasteiger partial charge in [0.05, 0.1) is 30.3 Å². The highest BCUT2D eigenvalue weighted by atomic mass is 19.4. The van der Waals surface area contributed by atoms with Crippen molar-refractivity contribution in [2.24, 2.45) is 0 Å². The minimum absolute atomic E-state index is 0.0217. The molecule has 2 aliphatic rings. The molecule has 10 nitrogen and oxygen atoms in total. The SMILES string of the molecule is CC[C@H]1CN(C(=O)Cc2cnc(OC3CCN(C)CC3)c(C(F)(F)F)c2)Cc2cc(Oc3ccnc4[nH]c(CCOC)cc34)cnc21. The van der Waals surface area contributed by atoms with Gasteiger partial charge in [0.2, 0.25) is 11.8 Å². The van der Waals surface area contributed by atoms with Gasteiger partial charge in [-0.2, -0.15) is 13.2 Å². The predicted octanol–water partition coefficient (Wildman–Crippen LogP) is 5.90. The Morgan fingerprint density at radius 2 is 1.91 bits per heavy atom. The van der Waals surface area contributed by atoms with Crippen LogP contribution in [0.1, 0.15) is 60.2 Å². The number of hydrogen-bond donors (Lipinski definition) is 1. The molecule has 13 heteroatoms. The van der Waals surface area contributed by atoms with Gasteiger partial charge in [-0.1, -0.05) is 6.92 Å². The summed E-state index contributed by atoms with van der Waals surface area (Å²) in [5, 5.41) is 0.828. The van der Waals surface area contributed by atoms with Gasteiger partial charge in [0.1, 0.15) is 28.8 Å². The number of alkyl halides is 3. The Labute approximate surface area is 271 Å². The number of carbonyl (C=O) groups is 1. The zero-order valence-corrected chi connectivity index (χ0v) is 26.8. The van der Waals surface area contributed by atoms with Crippen LogP contribution in [0, 0.1) is 0 Å². The molecular weight excluding hydrogens is 613 g/mol. The molecule has 0 aromatic carbocycles. The maximum absolute atomic E-state index is 14.1. The first-order chi connectivity index (χ1) is 22.6. The Bertz CT molecular complexity index is 1720. The summed E-state index contributed by atoms with van der Waals surface area (Å²) in [7, 11) is 3.62. The fourth-order valence-electron chi connectivity index (χ4n) is 6.24. The van der Waals surface area contributed by atoms with Gasteiger partial charge in [0.25, 0.3) is 0 Å². The molecule has 1 N–H and O–H groups in total. The van der Waals surface area contributed by atoms with E-state index in [1.165, 1.54) is 6.20 Å². The Hall–Kier alpha value is -4.23. The number of aromatic nitrogens is 4. The average molecular weight is 653 g/mol. The van der Waals surface area contributed by atoms with E-state index in [1.807, 2.05) is 26.1 Å². The minimum atomic E-state index is -4.67. The van der Waals surface area contributed by atoms with E-state index in [2.05, 4.69) is 19.9 Å². The largest absolute Gasteiger partial charge is 0.474 e. The summed E-state index contributed by atoms with van der Waals surface area (Å²) < 4.78 is 59.4. The van der Waals surface area contributed by atoms with Crippen LogP contribution in [0.3, 0.4) is 0 Å². The van der Waals surface area contributed by atoms with Crippen LogP contribution in [0.4, 0.5) is 13.2 Å². The van der Waals surface area contributed by atoms with Crippen LogP contribution >= 0.6 is 0 Å². The number of fused-ring (bicyclic) bond motifs is 2. The molecule has 6 heterocycles. The van der Waals surface area contributed by atoms with E-state index < -0.39 is 17.6 Å². The molecule has 1 saturated heterocycles. The molecule has 0 bridgehead atoms. The molecule has 0 spiro atoms. The van der Waals surface area contributed by atoms with E-state index in [4.69, 9.17) is 19.2 Å². The first-order valence-corrected chi connectivity index (χ1v) is 15.9. The van der Waals surface area contributed by atoms with Crippen LogP contribution in [-0.2, 0) is 35.1 Å². The first kappa shape index (κ1) is 32.7. The summed E-state index contributed by atoms with van der Waals surface area (Å²) in [4.78, 5) is 33.8. The molecular formula is C34H39F3N6O4. The van der Waals surface area contributed by atoms with Gasteiger partial charge in [0.15, 0.2) is 0 Å². The lowest BCUT2D eigenvalue weighted by Gasteiger charge is -2.34. The summed E-state index contributed by atoms with van der Waals surface area (Å²) in [6.07, 6.45) is 2.15. The third-order valence-corrected chi connectivity index (χ3v) is 8.87. The predicted molar refractivity (Wildman–Crippen MR) is 169 cm³/mol. The lowest BCUT2D eigenvalue weighted by Crippen LogP contribution is -2.39. The minimum Gasteiger partial charge on any atom is -0.474 e. The maximum Gasteiger partial charge on any atom is 0.421 e. The number of pyridine rings is 3. The van der Waals surface area contributed by atoms with Crippen molar-refractivity contribution < 1.29 is 32.2 Å². The zero-order valence-electron chi connectivity index (χ0n) is 26.8. The number of hydrogen-bond acceptors (Lipinski definition) is 8. The highest BCUT2D eigenvalue weighted by Gasteiger charge is 2.37. The second kappa shape index (κ2) is 13.9. The molecule has 0 aliphatic carbocycles. The number of nitrogens with zero attached hydrogens (tertiary/aromatic N) is 5. The van der Waals surface area contributed by atoms with Crippen molar-refractivity contribution in [2.45, 2.75) is 63.8 Å². The Kier molecular flexibility index (Phi) is 9.65. The molecule has 4 aromatic rings. The number of likely N-dealkylation sites (tertiary alicyclic amines) is 1. The molecule has 47 heavy (non-hydrogen) atoms. The van der Waals surface area contributed by atoms with Crippen LogP contribution in [0.5, 0.6) is 17.4 Å². The van der Waals surface area contributed by atoms with Crippen LogP contribution in [0.2, 0.25) is 0 Å². The third-order valence-electron chi connectivity index (χ3n) is 8.87. The van der Waals surface area contributed by atoms with Crippen molar-refractivity contribution in [2.75, 3.05) is 40.4 Å². The maximum atomic E-state index is 14.1. The fraction of sp³-hybridized carbons (Fsp3) is 0.471. The van der Waals surface area contributed by atoms with E-state index in [9.17, 15) is 18.0 Å². The van der Waals surface area contributed by atoms with Gasteiger partial charge in [0, 0.05) is 63.7 Å². The lowest BCUT2D eigenvalue weighted by atomic mass is 9.92. The second-order valence-electron chi connectivity index (χ2n) is 12.3. The number of carbonyl (C=O) groups excluding carboxylic acids is 1. The van der Waals surface area contributed by atoms with Crippen LogP contribution in [-0.4, -0.2) is 82.1 Å². The summed E-state index contributed by atoms with van der Waals surface area (Å²) >= 11 is 0. The van der Waals surface area contributed by atoms with Gasteiger partial charge in [-0.25, -0.2) is 9.97 Å². The number of amides is 1. The topological polar surface area (TPSA) is 106 Å². The molecule has 250 valence electrons. The van der Waals surface area contributed by atoms with Gasteiger partial charge in [-0.05, 0) is 61.7 Å². The van der Waals surface area contributed by atoms with E-state index in [1.54, 1.807) is 30.5 Å². The van der Waals surface area contributed by atoms with E-state index >= 15 is 0 Å². The number of methoxy groups -OCH3 is 1. The second-order valence-corrected chi connectivity index (χ2v) is 12.3. The molecule has 0 unspecified atom stereocenters. The van der Waals surface area contributed by atoms with E-state index in [0.29, 0.717) is 49.6 Å². The van der Waals surface area contributed by atoms with Crippen LogP contribution in [0.15, 0.2) is 42.9 Å². The Balaban J connectivity index is 1.18. The average Bonchev–Trinajstić information content (AvgIpc) is 3.48. The Morgan fingerprint density at radius 3 is 2.66 bits per heavy atom. The zero-order chi connectivity index (χ0) is 33.1. The number of halogens is 3. The lowest BCUT2D eigenvalue weighted by molar-refractivity contribution is -0.140. The molecule has 0 saturated carbocycles. The van der Waals surface area contributed by atoms with Crippen molar-refractivity contribution in [1.82, 2.24) is 29.7 Å². The molecule has 2 aliphatic heterocycles. The van der Waals surface area contributed by atoms with Gasteiger partial charge < -0.3 is 29.0 Å². The number of H-pyrrole nitrogens is 1. The number of aromatic amines is 1. The highest BCUT2D eigenvalue weighted by molar-refractivity contribution is 5.83. The third kappa shape index (κ3) is 7.51. The molecule has 6 rings (SSSR count). The molecule has 1 fully saturated rings. The van der Waals surface area contributed by atoms with Crippen molar-refractivity contribution in [3.8, 4) is 17.4 Å². The van der Waals surface area contributed by atoms with Crippen molar-refractivity contribution in [3.05, 3.63) is 70.9 Å². The first-order valence-electron chi connectivity index (χ1n) is 15.9. The summed E-state index contributed by atoms with van der Waals surface area (Å²) in [6.45, 7) is 4.78. The number of nitrogens with one attached hydrogen (secondary N) is 1. The number of ether oxygens (including phenoxy) is 3. The number of piperidine rings is 1. The van der Waals surface area contributed by atoms with Gasteiger partial charge >= 0.3 is 6.18 Å². The fourth-order valence-corrected chi connectivity index (χ4v) is 6.24. The summed E-state index contributed by atoms with van der Waals surface area (Å²) in [5.74, 6) is 0.387. The van der Waals surface area contributed by atoms with Crippen molar-refractivity contribution in [3.63, 3.8) is 0 Å². The summed E-state index contributed by atoms with van der Waals surface area (Å²) in [5.41, 5.74) is 2.64. The van der Waals surface area contributed by atoms with Crippen LogP contribution < -0.4 is 9.47 Å². The van der Waals surface area contributed by atoms with Gasteiger partial charge in [-0.15, -0.1) is 0 Å². The smallest absolute Gasteiger partial charge is 0.421 e. The molecule has 1 amide bonds. The monoisotopic (exact) mass is 652 g/mol. The van der Waals surface area contributed by atoms with Gasteiger partial charge in [-0.3, -0.25) is 9.78 Å². The number of rotatable bonds is 10. The standard InChI is InChI=1S/C34H39F3N6O4/c1-4-22-19-43(30(44)14-21-13-28(34(35,36)37)33(40-17-21)47-25-6-10-42(2)11-7-25)20-23-15-26(18-39-31(22)23)46-29-5-9-38-32-27(29)16-24(41-32)8-12-45-3/h5,9,13,15-18,22,25H,4,6-8,10-12,14,19-20H2,1-3H3,(H,38,41)/t22-/m0/s1. The van der Waals surface area contributed by atoms with Crippen molar-refractivity contribution >= 4 is 16.9 Å². The van der Waals surface area contributed by atoms with E-state index in [0.717, 1.165) is 47.9 Å². The molecule has 4 aromatic heterocycles.